The Bertz CT molecular complexity index is 784. The molecule has 1 fully saturated rings. The smallest absolute Gasteiger partial charge is 0.244 e. The average molecular weight is 341 g/mol. The molecular weight excluding hydrogens is 318 g/mol. The quantitative estimate of drug-likeness (QED) is 0.794. The molecule has 1 aliphatic rings. The Morgan fingerprint density at radius 2 is 2.12 bits per heavy atom. The van der Waals surface area contributed by atoms with Crippen LogP contribution in [0.5, 0.6) is 0 Å². The number of ketones is 1. The first kappa shape index (κ1) is 17.3. The van der Waals surface area contributed by atoms with E-state index in [0.717, 1.165) is 30.8 Å². The molecular formula is C18H23N5O2. The molecule has 0 aromatic carbocycles. The molecule has 2 aromatic heterocycles. The van der Waals surface area contributed by atoms with Crippen LogP contribution in [-0.4, -0.2) is 49.4 Å². The van der Waals surface area contributed by atoms with Crippen molar-refractivity contribution in [3.8, 4) is 0 Å². The second kappa shape index (κ2) is 7.13. The number of nitrogens with zero attached hydrogens (tertiary/aromatic N) is 5. The van der Waals surface area contributed by atoms with Crippen LogP contribution in [-0.2, 0) is 11.3 Å². The summed E-state index contributed by atoms with van der Waals surface area (Å²) >= 11 is 0. The van der Waals surface area contributed by atoms with Gasteiger partial charge < -0.3 is 4.90 Å². The van der Waals surface area contributed by atoms with Crippen molar-refractivity contribution < 1.29 is 9.59 Å². The predicted molar refractivity (Wildman–Crippen MR) is 92.3 cm³/mol. The SMILES string of the molecule is CC(=O)c1c(C)nn(CC(=O)N2CCC[C@@H](c3ccncn3)C2)c1C. The lowest BCUT2D eigenvalue weighted by atomic mass is 9.94. The number of hydrogen-bond donors (Lipinski definition) is 0. The molecule has 3 heterocycles. The third-order valence-corrected chi connectivity index (χ3v) is 4.82. The first-order chi connectivity index (χ1) is 12.0. The fraction of sp³-hybridized carbons (Fsp3) is 0.500. The zero-order chi connectivity index (χ0) is 18.0. The fourth-order valence-electron chi connectivity index (χ4n) is 3.58. The van der Waals surface area contributed by atoms with Crippen LogP contribution in [0.1, 0.15) is 53.1 Å². The number of aryl methyl sites for hydroxylation is 1. The van der Waals surface area contributed by atoms with Gasteiger partial charge in [0, 0.05) is 36.6 Å². The van der Waals surface area contributed by atoms with Crippen molar-refractivity contribution in [1.29, 1.82) is 0 Å². The molecule has 3 rings (SSSR count). The van der Waals surface area contributed by atoms with Gasteiger partial charge >= 0.3 is 0 Å². The van der Waals surface area contributed by atoms with Crippen LogP contribution >= 0.6 is 0 Å². The molecule has 0 radical (unpaired) electrons. The van der Waals surface area contributed by atoms with Gasteiger partial charge in [0.25, 0.3) is 0 Å². The third-order valence-electron chi connectivity index (χ3n) is 4.82. The van der Waals surface area contributed by atoms with Gasteiger partial charge in [-0.25, -0.2) is 9.97 Å². The number of Topliss-reactive ketones (excluding diaryl/α,β-unsaturated/α-hetero) is 1. The van der Waals surface area contributed by atoms with Gasteiger partial charge in [-0.3, -0.25) is 14.3 Å². The summed E-state index contributed by atoms with van der Waals surface area (Å²) in [6, 6.07) is 1.92. The molecule has 0 spiro atoms. The number of rotatable bonds is 4. The standard InChI is InChI=1S/C18H23N5O2/c1-12-18(14(3)24)13(2)23(21-12)10-17(25)22-8-4-5-15(9-22)16-6-7-19-11-20-16/h6-7,11,15H,4-5,8-10H2,1-3H3/t15-/m1/s1. The van der Waals surface area contributed by atoms with Gasteiger partial charge in [-0.15, -0.1) is 0 Å². The van der Waals surface area contributed by atoms with Gasteiger partial charge in [0.15, 0.2) is 5.78 Å². The molecule has 0 saturated carbocycles. The van der Waals surface area contributed by atoms with E-state index < -0.39 is 0 Å². The maximum atomic E-state index is 12.7. The molecule has 1 atom stereocenters. The molecule has 2 aromatic rings. The van der Waals surface area contributed by atoms with Crippen LogP contribution in [0.25, 0.3) is 0 Å². The number of amides is 1. The maximum absolute atomic E-state index is 12.7. The summed E-state index contributed by atoms with van der Waals surface area (Å²) in [6.07, 6.45) is 5.27. The third kappa shape index (κ3) is 3.60. The number of piperidine rings is 1. The van der Waals surface area contributed by atoms with Crippen molar-refractivity contribution in [2.75, 3.05) is 13.1 Å². The van der Waals surface area contributed by atoms with E-state index in [1.54, 1.807) is 24.1 Å². The van der Waals surface area contributed by atoms with E-state index in [4.69, 9.17) is 0 Å². The van der Waals surface area contributed by atoms with E-state index in [0.29, 0.717) is 17.8 Å². The Morgan fingerprint density at radius 1 is 1.32 bits per heavy atom. The molecule has 25 heavy (non-hydrogen) atoms. The predicted octanol–water partition coefficient (Wildman–Crippen LogP) is 1.90. The minimum Gasteiger partial charge on any atom is -0.340 e. The summed E-state index contributed by atoms with van der Waals surface area (Å²) in [7, 11) is 0. The molecule has 0 aliphatic carbocycles. The van der Waals surface area contributed by atoms with E-state index in [1.807, 2.05) is 17.9 Å². The fourth-order valence-corrected chi connectivity index (χ4v) is 3.58. The van der Waals surface area contributed by atoms with Crippen molar-refractivity contribution in [2.24, 2.45) is 0 Å². The number of likely N-dealkylation sites (tertiary alicyclic amines) is 1. The van der Waals surface area contributed by atoms with Gasteiger partial charge in [-0.1, -0.05) is 0 Å². The topological polar surface area (TPSA) is 81.0 Å². The molecule has 1 saturated heterocycles. The van der Waals surface area contributed by atoms with E-state index in [-0.39, 0.29) is 24.2 Å². The lowest BCUT2D eigenvalue weighted by molar-refractivity contribution is -0.133. The zero-order valence-electron chi connectivity index (χ0n) is 14.9. The summed E-state index contributed by atoms with van der Waals surface area (Å²) in [6.45, 7) is 6.74. The van der Waals surface area contributed by atoms with Crippen LogP contribution in [0.4, 0.5) is 0 Å². The van der Waals surface area contributed by atoms with Crippen LogP contribution in [0.2, 0.25) is 0 Å². The first-order valence-electron chi connectivity index (χ1n) is 8.56. The Kier molecular flexibility index (Phi) is 4.92. The summed E-state index contributed by atoms with van der Waals surface area (Å²) in [5.41, 5.74) is 3.03. The highest BCUT2D eigenvalue weighted by Gasteiger charge is 2.26. The highest BCUT2D eigenvalue weighted by molar-refractivity contribution is 5.96. The van der Waals surface area contributed by atoms with E-state index in [1.165, 1.54) is 6.92 Å². The number of carbonyl (C=O) groups excluding carboxylic acids is 2. The Labute approximate surface area is 147 Å². The first-order valence-corrected chi connectivity index (χ1v) is 8.56. The second-order valence-corrected chi connectivity index (χ2v) is 6.57. The van der Waals surface area contributed by atoms with Crippen molar-refractivity contribution in [3.05, 3.63) is 41.2 Å². The molecule has 1 amide bonds. The van der Waals surface area contributed by atoms with Gasteiger partial charge in [0.05, 0.1) is 11.3 Å². The molecule has 0 bridgehead atoms. The summed E-state index contributed by atoms with van der Waals surface area (Å²) in [4.78, 5) is 34.6. The summed E-state index contributed by atoms with van der Waals surface area (Å²) < 4.78 is 1.64. The average Bonchev–Trinajstić information content (AvgIpc) is 2.89. The van der Waals surface area contributed by atoms with Crippen LogP contribution < -0.4 is 0 Å². The van der Waals surface area contributed by atoms with Gasteiger partial charge in [0.2, 0.25) is 5.91 Å². The van der Waals surface area contributed by atoms with Crippen LogP contribution in [0.3, 0.4) is 0 Å². The Balaban J connectivity index is 1.71. The minimum atomic E-state index is -0.0181. The van der Waals surface area contributed by atoms with E-state index in [9.17, 15) is 9.59 Å². The molecule has 1 aliphatic heterocycles. The molecule has 7 heteroatoms. The molecule has 7 nitrogen and oxygen atoms in total. The van der Waals surface area contributed by atoms with Gasteiger partial charge in [-0.2, -0.15) is 5.10 Å². The lowest BCUT2D eigenvalue weighted by Gasteiger charge is -2.32. The lowest BCUT2D eigenvalue weighted by Crippen LogP contribution is -2.41. The Morgan fingerprint density at radius 3 is 2.76 bits per heavy atom. The number of aromatic nitrogens is 4. The second-order valence-electron chi connectivity index (χ2n) is 6.57. The van der Waals surface area contributed by atoms with Crippen molar-refractivity contribution >= 4 is 11.7 Å². The maximum Gasteiger partial charge on any atom is 0.244 e. The van der Waals surface area contributed by atoms with Gasteiger partial charge in [-0.05, 0) is 39.7 Å². The normalized spacial score (nSPS) is 17.6. The van der Waals surface area contributed by atoms with Crippen molar-refractivity contribution in [2.45, 2.75) is 46.1 Å². The highest BCUT2D eigenvalue weighted by Crippen LogP contribution is 2.25. The summed E-state index contributed by atoms with van der Waals surface area (Å²) in [5.74, 6) is 0.254. The summed E-state index contributed by atoms with van der Waals surface area (Å²) in [5, 5.41) is 4.37. The van der Waals surface area contributed by atoms with Crippen LogP contribution in [0, 0.1) is 13.8 Å². The molecule has 132 valence electrons. The highest BCUT2D eigenvalue weighted by atomic mass is 16.2. The van der Waals surface area contributed by atoms with Crippen molar-refractivity contribution in [3.63, 3.8) is 0 Å². The Hall–Kier alpha value is -2.57. The van der Waals surface area contributed by atoms with Gasteiger partial charge in [0.1, 0.15) is 12.9 Å². The largest absolute Gasteiger partial charge is 0.340 e. The number of hydrogen-bond acceptors (Lipinski definition) is 5. The zero-order valence-corrected chi connectivity index (χ0v) is 14.9. The number of carbonyl (C=O) groups is 2. The van der Waals surface area contributed by atoms with Crippen molar-refractivity contribution in [1.82, 2.24) is 24.6 Å². The van der Waals surface area contributed by atoms with Crippen LogP contribution in [0.15, 0.2) is 18.6 Å². The minimum absolute atomic E-state index is 0.0181. The van der Waals surface area contributed by atoms with E-state index >= 15 is 0 Å². The molecule has 0 unspecified atom stereocenters. The monoisotopic (exact) mass is 341 g/mol. The molecule has 0 N–H and O–H groups in total. The van der Waals surface area contributed by atoms with E-state index in [2.05, 4.69) is 15.1 Å².